The third-order valence-corrected chi connectivity index (χ3v) is 4.01. The fourth-order valence-electron chi connectivity index (χ4n) is 1.92. The Morgan fingerprint density at radius 3 is 2.83 bits per heavy atom. The molecule has 0 aromatic carbocycles. The average molecular weight is 281 g/mol. The van der Waals surface area contributed by atoms with Crippen LogP contribution in [0.3, 0.4) is 0 Å². The Kier molecular flexibility index (Phi) is 4.61. The first-order chi connectivity index (χ1) is 8.72. The van der Waals surface area contributed by atoms with E-state index in [4.69, 9.17) is 11.6 Å². The molecular weight excluding hydrogens is 264 g/mol. The van der Waals surface area contributed by atoms with Gasteiger partial charge in [-0.05, 0) is 31.4 Å². The molecule has 0 bridgehead atoms. The molecule has 0 amide bonds. The molecule has 2 nitrogen and oxygen atoms in total. The molecule has 2 aromatic heterocycles. The van der Waals surface area contributed by atoms with Crippen molar-refractivity contribution in [2.24, 2.45) is 0 Å². The average Bonchev–Trinajstić information content (AvgIpc) is 2.88. The molecule has 0 saturated heterocycles. The van der Waals surface area contributed by atoms with Crippen molar-refractivity contribution >= 4 is 28.6 Å². The highest BCUT2D eigenvalue weighted by molar-refractivity contribution is 7.09. The lowest BCUT2D eigenvalue weighted by atomic mass is 10.2. The largest absolute Gasteiger partial charge is 0.364 e. The van der Waals surface area contributed by atoms with E-state index in [-0.39, 0.29) is 0 Å². The molecule has 2 aromatic rings. The maximum absolute atomic E-state index is 6.00. The van der Waals surface area contributed by atoms with Gasteiger partial charge >= 0.3 is 0 Å². The monoisotopic (exact) mass is 280 g/mol. The van der Waals surface area contributed by atoms with Gasteiger partial charge in [-0.3, -0.25) is 4.98 Å². The van der Waals surface area contributed by atoms with Gasteiger partial charge in [-0.15, -0.1) is 22.9 Å². The van der Waals surface area contributed by atoms with E-state index in [1.165, 1.54) is 10.6 Å². The molecule has 18 heavy (non-hydrogen) atoms. The van der Waals surface area contributed by atoms with E-state index in [0.717, 1.165) is 12.1 Å². The predicted octanol–water partition coefficient (Wildman–Crippen LogP) is 4.30. The number of aromatic nitrogens is 1. The van der Waals surface area contributed by atoms with E-state index < -0.39 is 0 Å². The van der Waals surface area contributed by atoms with Crippen LogP contribution in [0.1, 0.15) is 24.3 Å². The van der Waals surface area contributed by atoms with E-state index in [9.17, 15) is 0 Å². The van der Waals surface area contributed by atoms with Crippen molar-refractivity contribution in [2.45, 2.75) is 32.3 Å². The van der Waals surface area contributed by atoms with Gasteiger partial charge in [0.25, 0.3) is 0 Å². The molecule has 0 fully saturated rings. The van der Waals surface area contributed by atoms with Gasteiger partial charge in [0, 0.05) is 34.6 Å². The Labute approximate surface area is 117 Å². The lowest BCUT2D eigenvalue weighted by molar-refractivity contribution is 0.684. The highest BCUT2D eigenvalue weighted by Crippen LogP contribution is 2.26. The third kappa shape index (κ3) is 3.03. The van der Waals surface area contributed by atoms with Crippen LogP contribution >= 0.6 is 22.9 Å². The second kappa shape index (κ2) is 6.21. The fourth-order valence-corrected chi connectivity index (χ4v) is 2.83. The maximum atomic E-state index is 6.00. The minimum absolute atomic E-state index is 0.427. The van der Waals surface area contributed by atoms with Crippen LogP contribution in [-0.2, 0) is 12.4 Å². The molecule has 0 aliphatic rings. The smallest absolute Gasteiger partial charge is 0.0525 e. The SMILES string of the molecule is CC(C)N(Cc1cccs1)c1ccncc1CCl. The van der Waals surface area contributed by atoms with Crippen LogP contribution in [0.4, 0.5) is 5.69 Å². The molecule has 0 radical (unpaired) electrons. The number of alkyl halides is 1. The number of rotatable bonds is 5. The van der Waals surface area contributed by atoms with Crippen LogP contribution in [0.25, 0.3) is 0 Å². The zero-order chi connectivity index (χ0) is 13.0. The molecular formula is C14H17ClN2S. The Bertz CT molecular complexity index is 482. The Hall–Kier alpha value is -1.06. The first-order valence-corrected chi connectivity index (χ1v) is 7.41. The summed E-state index contributed by atoms with van der Waals surface area (Å²) in [5.74, 6) is 0.497. The molecule has 0 spiro atoms. The normalized spacial score (nSPS) is 10.9. The molecule has 0 N–H and O–H groups in total. The lowest BCUT2D eigenvalue weighted by Crippen LogP contribution is -2.30. The summed E-state index contributed by atoms with van der Waals surface area (Å²) in [6.45, 7) is 5.32. The standard InChI is InChI=1S/C14H17ClN2S/c1-11(2)17(10-13-4-3-7-18-13)14-5-6-16-9-12(14)8-15/h3-7,9,11H,8,10H2,1-2H3. The molecule has 0 saturated carbocycles. The van der Waals surface area contributed by atoms with Crippen molar-refractivity contribution in [2.75, 3.05) is 4.90 Å². The first-order valence-electron chi connectivity index (χ1n) is 6.00. The van der Waals surface area contributed by atoms with Gasteiger partial charge in [0.1, 0.15) is 0 Å². The van der Waals surface area contributed by atoms with Crippen LogP contribution < -0.4 is 4.90 Å². The summed E-state index contributed by atoms with van der Waals surface area (Å²) < 4.78 is 0. The minimum Gasteiger partial charge on any atom is -0.364 e. The van der Waals surface area contributed by atoms with Gasteiger partial charge in [-0.1, -0.05) is 6.07 Å². The van der Waals surface area contributed by atoms with Crippen molar-refractivity contribution in [1.29, 1.82) is 0 Å². The summed E-state index contributed by atoms with van der Waals surface area (Å²) in [7, 11) is 0. The van der Waals surface area contributed by atoms with Crippen LogP contribution in [0.2, 0.25) is 0 Å². The van der Waals surface area contributed by atoms with E-state index in [0.29, 0.717) is 11.9 Å². The van der Waals surface area contributed by atoms with Gasteiger partial charge in [0.15, 0.2) is 0 Å². The summed E-state index contributed by atoms with van der Waals surface area (Å²) >= 11 is 7.79. The quantitative estimate of drug-likeness (QED) is 0.759. The predicted molar refractivity (Wildman–Crippen MR) is 79.4 cm³/mol. The van der Waals surface area contributed by atoms with E-state index in [1.807, 2.05) is 18.5 Å². The zero-order valence-electron chi connectivity index (χ0n) is 10.6. The number of halogens is 1. The molecule has 2 rings (SSSR count). The number of pyridine rings is 1. The van der Waals surface area contributed by atoms with Crippen LogP contribution in [0.15, 0.2) is 36.0 Å². The maximum Gasteiger partial charge on any atom is 0.0525 e. The Morgan fingerprint density at radius 2 is 2.22 bits per heavy atom. The molecule has 0 aliphatic carbocycles. The third-order valence-electron chi connectivity index (χ3n) is 2.86. The lowest BCUT2D eigenvalue weighted by Gasteiger charge is -2.30. The minimum atomic E-state index is 0.427. The van der Waals surface area contributed by atoms with Gasteiger partial charge in [0.2, 0.25) is 0 Å². The molecule has 0 aliphatic heterocycles. The summed E-state index contributed by atoms with van der Waals surface area (Å²) in [4.78, 5) is 7.87. The van der Waals surface area contributed by atoms with Gasteiger partial charge < -0.3 is 4.90 Å². The summed E-state index contributed by atoms with van der Waals surface area (Å²) in [6.07, 6.45) is 3.68. The Balaban J connectivity index is 2.29. The van der Waals surface area contributed by atoms with Crippen molar-refractivity contribution in [3.05, 3.63) is 46.4 Å². The van der Waals surface area contributed by atoms with Gasteiger partial charge in [-0.2, -0.15) is 0 Å². The van der Waals surface area contributed by atoms with Gasteiger partial charge in [0.05, 0.1) is 12.4 Å². The van der Waals surface area contributed by atoms with Crippen LogP contribution in [-0.4, -0.2) is 11.0 Å². The zero-order valence-corrected chi connectivity index (χ0v) is 12.2. The number of hydrogen-bond donors (Lipinski definition) is 0. The van der Waals surface area contributed by atoms with Gasteiger partial charge in [-0.25, -0.2) is 0 Å². The molecule has 0 atom stereocenters. The topological polar surface area (TPSA) is 16.1 Å². The van der Waals surface area contributed by atoms with Crippen molar-refractivity contribution in [3.8, 4) is 0 Å². The number of thiophene rings is 1. The van der Waals surface area contributed by atoms with Crippen LogP contribution in [0.5, 0.6) is 0 Å². The van der Waals surface area contributed by atoms with Crippen molar-refractivity contribution < 1.29 is 0 Å². The number of hydrogen-bond acceptors (Lipinski definition) is 3. The Morgan fingerprint density at radius 1 is 1.39 bits per heavy atom. The second-order valence-corrected chi connectivity index (χ2v) is 5.74. The van der Waals surface area contributed by atoms with E-state index in [2.05, 4.69) is 41.2 Å². The molecule has 4 heteroatoms. The van der Waals surface area contributed by atoms with E-state index >= 15 is 0 Å². The summed E-state index contributed by atoms with van der Waals surface area (Å²) in [5.41, 5.74) is 2.27. The summed E-state index contributed by atoms with van der Waals surface area (Å²) in [6, 6.07) is 6.73. The molecule has 96 valence electrons. The van der Waals surface area contributed by atoms with E-state index in [1.54, 1.807) is 11.3 Å². The van der Waals surface area contributed by atoms with Crippen molar-refractivity contribution in [1.82, 2.24) is 4.98 Å². The highest BCUT2D eigenvalue weighted by atomic mass is 35.5. The number of nitrogens with zero attached hydrogens (tertiary/aromatic N) is 2. The fraction of sp³-hybridized carbons (Fsp3) is 0.357. The first kappa shape index (κ1) is 13.4. The molecule has 2 heterocycles. The summed E-state index contributed by atoms with van der Waals surface area (Å²) in [5, 5.41) is 2.11. The highest BCUT2D eigenvalue weighted by Gasteiger charge is 2.15. The second-order valence-electron chi connectivity index (χ2n) is 4.44. The van der Waals surface area contributed by atoms with Crippen molar-refractivity contribution in [3.63, 3.8) is 0 Å². The number of anilines is 1. The molecule has 0 unspecified atom stereocenters. The van der Waals surface area contributed by atoms with Crippen LogP contribution in [0, 0.1) is 0 Å².